The van der Waals surface area contributed by atoms with Gasteiger partial charge in [0.1, 0.15) is 17.4 Å². The number of fused-ring (bicyclic) bond motifs is 1. The Labute approximate surface area is 137 Å². The molecule has 0 amide bonds. The molecule has 0 radical (unpaired) electrons. The minimum atomic E-state index is -0.682. The molecule has 0 aliphatic rings. The zero-order valence-corrected chi connectivity index (χ0v) is 13.1. The lowest BCUT2D eigenvalue weighted by Gasteiger charge is -2.08. The Morgan fingerprint density at radius 3 is 2.55 bits per heavy atom. The van der Waals surface area contributed by atoms with E-state index in [0.29, 0.717) is 21.1 Å². The van der Waals surface area contributed by atoms with Crippen LogP contribution < -0.4 is 0 Å². The average Bonchev–Trinajstić information content (AvgIpc) is 2.47. The molecule has 0 fully saturated rings. The molecule has 7 heteroatoms. The van der Waals surface area contributed by atoms with Crippen LogP contribution in [-0.4, -0.2) is 9.97 Å². The summed E-state index contributed by atoms with van der Waals surface area (Å²) in [4.78, 5) is 7.94. The Kier molecular flexibility index (Phi) is 3.77. The summed E-state index contributed by atoms with van der Waals surface area (Å²) in [6.45, 7) is 0. The SMILES string of the molecule is N#Cc1ccc(-c2nc(Cl)nc3c(F)cc(Br)cc23)cc1F. The number of hydrogen-bond donors (Lipinski definition) is 0. The van der Waals surface area contributed by atoms with Gasteiger partial charge in [0.15, 0.2) is 5.82 Å². The number of nitriles is 1. The monoisotopic (exact) mass is 379 g/mol. The van der Waals surface area contributed by atoms with Crippen molar-refractivity contribution in [3.05, 3.63) is 57.3 Å². The highest BCUT2D eigenvalue weighted by molar-refractivity contribution is 9.10. The molecule has 0 saturated heterocycles. The molecule has 108 valence electrons. The van der Waals surface area contributed by atoms with Crippen LogP contribution in [0.5, 0.6) is 0 Å². The summed E-state index contributed by atoms with van der Waals surface area (Å²) >= 11 is 9.04. The van der Waals surface area contributed by atoms with Gasteiger partial charge in [-0.15, -0.1) is 0 Å². The fraction of sp³-hybridized carbons (Fsp3) is 0. The van der Waals surface area contributed by atoms with E-state index < -0.39 is 11.6 Å². The summed E-state index contributed by atoms with van der Waals surface area (Å²) in [6, 6.07) is 8.65. The first-order valence-electron chi connectivity index (χ1n) is 6.02. The smallest absolute Gasteiger partial charge is 0.217 e. The lowest BCUT2D eigenvalue weighted by molar-refractivity contribution is 0.624. The second-order valence-corrected chi connectivity index (χ2v) is 5.69. The number of rotatable bonds is 1. The van der Waals surface area contributed by atoms with Crippen LogP contribution in [0.15, 0.2) is 34.8 Å². The molecule has 3 nitrogen and oxygen atoms in total. The minimum absolute atomic E-state index is 0.0444. The summed E-state index contributed by atoms with van der Waals surface area (Å²) in [7, 11) is 0. The molecular formula is C15H5BrClF2N3. The molecule has 0 spiro atoms. The molecule has 22 heavy (non-hydrogen) atoms. The van der Waals surface area contributed by atoms with Crippen LogP contribution in [0.4, 0.5) is 8.78 Å². The van der Waals surface area contributed by atoms with Gasteiger partial charge in [0.2, 0.25) is 5.28 Å². The Hall–Kier alpha value is -2.10. The van der Waals surface area contributed by atoms with Gasteiger partial charge in [-0.25, -0.2) is 18.7 Å². The van der Waals surface area contributed by atoms with Crippen molar-refractivity contribution in [3.8, 4) is 17.3 Å². The van der Waals surface area contributed by atoms with Crippen molar-refractivity contribution >= 4 is 38.4 Å². The van der Waals surface area contributed by atoms with Crippen molar-refractivity contribution in [2.45, 2.75) is 0 Å². The lowest BCUT2D eigenvalue weighted by Crippen LogP contribution is -1.95. The van der Waals surface area contributed by atoms with Gasteiger partial charge in [0.05, 0.1) is 11.3 Å². The van der Waals surface area contributed by atoms with Gasteiger partial charge in [-0.05, 0) is 35.9 Å². The highest BCUT2D eigenvalue weighted by Gasteiger charge is 2.15. The molecule has 3 aromatic rings. The maximum atomic E-state index is 14.0. The van der Waals surface area contributed by atoms with E-state index in [1.807, 2.05) is 0 Å². The van der Waals surface area contributed by atoms with Crippen molar-refractivity contribution in [3.63, 3.8) is 0 Å². The Morgan fingerprint density at radius 1 is 1.09 bits per heavy atom. The van der Waals surface area contributed by atoms with Gasteiger partial charge in [-0.2, -0.15) is 5.26 Å². The minimum Gasteiger partial charge on any atom is -0.217 e. The van der Waals surface area contributed by atoms with E-state index in [9.17, 15) is 8.78 Å². The lowest BCUT2D eigenvalue weighted by atomic mass is 10.0. The summed E-state index contributed by atoms with van der Waals surface area (Å²) in [5.41, 5.74) is 0.630. The standard InChI is InChI=1S/C15H5BrClF2N3/c16-9-4-10-13(7-1-2-8(6-20)11(18)3-7)21-15(17)22-14(10)12(19)5-9/h1-5H. The molecule has 2 aromatic carbocycles. The maximum Gasteiger partial charge on any atom is 0.223 e. The number of aromatic nitrogens is 2. The van der Waals surface area contributed by atoms with Crippen LogP contribution in [0.2, 0.25) is 5.28 Å². The molecular weight excluding hydrogens is 376 g/mol. The normalized spacial score (nSPS) is 10.7. The summed E-state index contributed by atoms with van der Waals surface area (Å²) < 4.78 is 28.3. The van der Waals surface area contributed by atoms with Crippen LogP contribution in [0.25, 0.3) is 22.2 Å². The molecule has 1 aromatic heterocycles. The third-order valence-corrected chi connectivity index (χ3v) is 3.68. The van der Waals surface area contributed by atoms with Crippen molar-refractivity contribution < 1.29 is 8.78 Å². The van der Waals surface area contributed by atoms with E-state index in [2.05, 4.69) is 25.9 Å². The Morgan fingerprint density at radius 2 is 1.86 bits per heavy atom. The molecule has 0 N–H and O–H groups in total. The predicted molar refractivity (Wildman–Crippen MR) is 82.3 cm³/mol. The molecule has 0 aliphatic carbocycles. The second-order valence-electron chi connectivity index (χ2n) is 4.43. The van der Waals surface area contributed by atoms with E-state index in [1.165, 1.54) is 18.2 Å². The molecule has 0 aliphatic heterocycles. The van der Waals surface area contributed by atoms with Crippen molar-refractivity contribution in [1.82, 2.24) is 9.97 Å². The largest absolute Gasteiger partial charge is 0.223 e. The molecule has 3 rings (SSSR count). The molecule has 1 heterocycles. The van der Waals surface area contributed by atoms with Crippen LogP contribution in [0.3, 0.4) is 0 Å². The zero-order chi connectivity index (χ0) is 15.9. The van der Waals surface area contributed by atoms with Gasteiger partial charge in [0.25, 0.3) is 0 Å². The number of halogens is 4. The maximum absolute atomic E-state index is 14.0. The number of hydrogen-bond acceptors (Lipinski definition) is 3. The first kappa shape index (κ1) is 14.8. The quantitative estimate of drug-likeness (QED) is 0.566. The third-order valence-electron chi connectivity index (χ3n) is 3.05. The molecule has 0 bridgehead atoms. The van der Waals surface area contributed by atoms with Crippen molar-refractivity contribution in [2.24, 2.45) is 0 Å². The van der Waals surface area contributed by atoms with E-state index in [0.717, 1.165) is 6.07 Å². The van der Waals surface area contributed by atoms with E-state index in [4.69, 9.17) is 16.9 Å². The summed E-state index contributed by atoms with van der Waals surface area (Å²) in [5.74, 6) is -1.25. The Balaban J connectivity index is 2.35. The number of benzene rings is 2. The molecule has 0 atom stereocenters. The highest BCUT2D eigenvalue weighted by Crippen LogP contribution is 2.31. The number of nitrogens with zero attached hydrogens (tertiary/aromatic N) is 3. The van der Waals surface area contributed by atoms with E-state index >= 15 is 0 Å². The van der Waals surface area contributed by atoms with Gasteiger partial charge in [-0.1, -0.05) is 22.0 Å². The van der Waals surface area contributed by atoms with Gasteiger partial charge < -0.3 is 0 Å². The summed E-state index contributed by atoms with van der Waals surface area (Å²) in [6.07, 6.45) is 0. The van der Waals surface area contributed by atoms with Gasteiger partial charge in [0, 0.05) is 15.4 Å². The molecule has 0 unspecified atom stereocenters. The fourth-order valence-electron chi connectivity index (χ4n) is 2.10. The topological polar surface area (TPSA) is 49.6 Å². The first-order valence-corrected chi connectivity index (χ1v) is 7.19. The molecule has 0 saturated carbocycles. The highest BCUT2D eigenvalue weighted by atomic mass is 79.9. The fourth-order valence-corrected chi connectivity index (χ4v) is 2.70. The predicted octanol–water partition coefficient (Wildman–Crippen LogP) is 4.86. The second kappa shape index (κ2) is 5.59. The van der Waals surface area contributed by atoms with E-state index in [-0.39, 0.29) is 16.4 Å². The third kappa shape index (κ3) is 2.54. The first-order chi connectivity index (χ1) is 10.5. The average molecular weight is 381 g/mol. The van der Waals surface area contributed by atoms with Gasteiger partial charge in [-0.3, -0.25) is 0 Å². The van der Waals surface area contributed by atoms with Crippen LogP contribution >= 0.6 is 27.5 Å². The summed E-state index contributed by atoms with van der Waals surface area (Å²) in [5, 5.41) is 9.02. The van der Waals surface area contributed by atoms with E-state index in [1.54, 1.807) is 12.1 Å². The van der Waals surface area contributed by atoms with Crippen LogP contribution in [0, 0.1) is 23.0 Å². The van der Waals surface area contributed by atoms with Crippen molar-refractivity contribution in [2.75, 3.05) is 0 Å². The van der Waals surface area contributed by atoms with Crippen LogP contribution in [-0.2, 0) is 0 Å². The van der Waals surface area contributed by atoms with Gasteiger partial charge >= 0.3 is 0 Å². The Bertz CT molecular complexity index is 954. The van der Waals surface area contributed by atoms with Crippen molar-refractivity contribution in [1.29, 1.82) is 5.26 Å². The van der Waals surface area contributed by atoms with Crippen LogP contribution in [0.1, 0.15) is 5.56 Å². The zero-order valence-electron chi connectivity index (χ0n) is 10.7.